The van der Waals surface area contributed by atoms with Gasteiger partial charge >= 0.3 is 5.97 Å². The molecule has 1 aliphatic carbocycles. The topological polar surface area (TPSA) is 46.5 Å². The summed E-state index contributed by atoms with van der Waals surface area (Å²) in [6.45, 7) is 0. The van der Waals surface area contributed by atoms with Crippen LogP contribution in [0.5, 0.6) is 5.75 Å². The Morgan fingerprint density at radius 1 is 1.24 bits per heavy atom. The van der Waals surface area contributed by atoms with Gasteiger partial charge in [-0.15, -0.1) is 0 Å². The minimum absolute atomic E-state index is 0.159. The average molecular weight is 234 g/mol. The maximum absolute atomic E-state index is 11.2. The Morgan fingerprint density at radius 2 is 1.88 bits per heavy atom. The van der Waals surface area contributed by atoms with Gasteiger partial charge in [-0.1, -0.05) is 25.0 Å². The molecule has 92 valence electrons. The third-order valence-electron chi connectivity index (χ3n) is 3.63. The molecule has 1 aromatic carbocycles. The first-order valence-corrected chi connectivity index (χ1v) is 6.09. The molecule has 2 atom stereocenters. The van der Waals surface area contributed by atoms with Gasteiger partial charge in [0.05, 0.1) is 13.0 Å². The number of benzene rings is 1. The molecule has 2 rings (SSSR count). The molecule has 1 N–H and O–H groups in total. The molecule has 1 aliphatic rings. The molecule has 0 amide bonds. The van der Waals surface area contributed by atoms with Gasteiger partial charge in [0.25, 0.3) is 0 Å². The van der Waals surface area contributed by atoms with Crippen molar-refractivity contribution in [2.45, 2.75) is 31.6 Å². The van der Waals surface area contributed by atoms with E-state index in [1.807, 2.05) is 24.3 Å². The summed E-state index contributed by atoms with van der Waals surface area (Å²) in [5.74, 6) is 0.0891. The number of carboxylic acids is 1. The van der Waals surface area contributed by atoms with Gasteiger partial charge in [0.15, 0.2) is 0 Å². The highest BCUT2D eigenvalue weighted by Gasteiger charge is 2.31. The van der Waals surface area contributed by atoms with Crippen molar-refractivity contribution >= 4 is 5.97 Å². The second-order valence-corrected chi connectivity index (χ2v) is 4.61. The molecule has 1 saturated carbocycles. The van der Waals surface area contributed by atoms with Crippen LogP contribution >= 0.6 is 0 Å². The number of carboxylic acid groups (broad SMARTS) is 1. The van der Waals surface area contributed by atoms with Crippen LogP contribution in [-0.2, 0) is 4.79 Å². The quantitative estimate of drug-likeness (QED) is 0.874. The predicted octanol–water partition coefficient (Wildman–Crippen LogP) is 3.05. The number of rotatable bonds is 3. The second kappa shape index (κ2) is 5.21. The van der Waals surface area contributed by atoms with Crippen LogP contribution in [0.2, 0.25) is 0 Å². The fourth-order valence-corrected chi connectivity index (χ4v) is 2.68. The SMILES string of the molecule is COc1ccc([C@@H]2CCCC[C@@H]2C(=O)O)cc1. The highest BCUT2D eigenvalue weighted by molar-refractivity contribution is 5.71. The van der Waals surface area contributed by atoms with Crippen molar-refractivity contribution in [2.24, 2.45) is 5.92 Å². The molecule has 0 saturated heterocycles. The summed E-state index contributed by atoms with van der Waals surface area (Å²) in [6, 6.07) is 7.79. The molecular weight excluding hydrogens is 216 g/mol. The first-order chi connectivity index (χ1) is 8.22. The van der Waals surface area contributed by atoms with E-state index in [1.165, 1.54) is 0 Å². The van der Waals surface area contributed by atoms with E-state index in [4.69, 9.17) is 4.74 Å². The van der Waals surface area contributed by atoms with Gasteiger partial charge in [0.1, 0.15) is 5.75 Å². The summed E-state index contributed by atoms with van der Waals surface area (Å²) in [5.41, 5.74) is 1.12. The van der Waals surface area contributed by atoms with Crippen LogP contribution in [0.3, 0.4) is 0 Å². The van der Waals surface area contributed by atoms with Crippen molar-refractivity contribution < 1.29 is 14.6 Å². The monoisotopic (exact) mass is 234 g/mol. The molecule has 3 heteroatoms. The first-order valence-electron chi connectivity index (χ1n) is 6.09. The zero-order chi connectivity index (χ0) is 12.3. The average Bonchev–Trinajstić information content (AvgIpc) is 2.39. The van der Waals surface area contributed by atoms with E-state index in [-0.39, 0.29) is 11.8 Å². The van der Waals surface area contributed by atoms with E-state index in [0.29, 0.717) is 0 Å². The first kappa shape index (κ1) is 12.0. The maximum Gasteiger partial charge on any atom is 0.307 e. The molecule has 0 spiro atoms. The number of hydrogen-bond acceptors (Lipinski definition) is 2. The Balaban J connectivity index is 2.20. The molecule has 1 aromatic rings. The van der Waals surface area contributed by atoms with Gasteiger partial charge in [-0.2, -0.15) is 0 Å². The highest BCUT2D eigenvalue weighted by atomic mass is 16.5. The largest absolute Gasteiger partial charge is 0.497 e. The summed E-state index contributed by atoms with van der Waals surface area (Å²) in [4.78, 5) is 11.2. The number of methoxy groups -OCH3 is 1. The standard InChI is InChI=1S/C14H18O3/c1-17-11-8-6-10(7-9-11)12-4-2-3-5-13(12)14(15)16/h6-9,12-13H,2-5H2,1H3,(H,15,16)/t12-,13-/m0/s1. The third-order valence-corrected chi connectivity index (χ3v) is 3.63. The zero-order valence-corrected chi connectivity index (χ0v) is 10.1. The lowest BCUT2D eigenvalue weighted by Gasteiger charge is -2.28. The molecule has 0 radical (unpaired) electrons. The molecule has 0 unspecified atom stereocenters. The molecule has 3 nitrogen and oxygen atoms in total. The maximum atomic E-state index is 11.2. The van der Waals surface area contributed by atoms with Gasteiger partial charge < -0.3 is 9.84 Å². The Hall–Kier alpha value is -1.51. The normalized spacial score (nSPS) is 24.3. The predicted molar refractivity (Wildman–Crippen MR) is 65.3 cm³/mol. The van der Waals surface area contributed by atoms with Crippen molar-refractivity contribution in [2.75, 3.05) is 7.11 Å². The van der Waals surface area contributed by atoms with Crippen LogP contribution in [0, 0.1) is 5.92 Å². The molecule has 0 aromatic heterocycles. The Bertz CT molecular complexity index is 383. The summed E-state index contributed by atoms with van der Waals surface area (Å²) < 4.78 is 5.11. The van der Waals surface area contributed by atoms with Gasteiger partial charge in [0.2, 0.25) is 0 Å². The number of carbonyl (C=O) groups is 1. The van der Waals surface area contributed by atoms with Gasteiger partial charge in [0, 0.05) is 0 Å². The van der Waals surface area contributed by atoms with Crippen molar-refractivity contribution in [1.29, 1.82) is 0 Å². The van der Waals surface area contributed by atoms with E-state index in [9.17, 15) is 9.90 Å². The summed E-state index contributed by atoms with van der Waals surface area (Å²) in [6.07, 6.45) is 3.93. The number of hydrogen-bond donors (Lipinski definition) is 1. The molecule has 1 fully saturated rings. The smallest absolute Gasteiger partial charge is 0.307 e. The Morgan fingerprint density at radius 3 is 2.47 bits per heavy atom. The van der Waals surface area contributed by atoms with E-state index in [2.05, 4.69) is 0 Å². The van der Waals surface area contributed by atoms with E-state index >= 15 is 0 Å². The van der Waals surface area contributed by atoms with Crippen molar-refractivity contribution in [3.8, 4) is 5.75 Å². The van der Waals surface area contributed by atoms with Crippen LogP contribution in [0.4, 0.5) is 0 Å². The van der Waals surface area contributed by atoms with Gasteiger partial charge in [-0.05, 0) is 36.5 Å². The van der Waals surface area contributed by atoms with Gasteiger partial charge in [-0.3, -0.25) is 4.79 Å². The van der Waals surface area contributed by atoms with Crippen LogP contribution in [-0.4, -0.2) is 18.2 Å². The molecule has 0 heterocycles. The minimum atomic E-state index is -0.662. The lowest BCUT2D eigenvalue weighted by atomic mass is 9.75. The van der Waals surface area contributed by atoms with E-state index < -0.39 is 5.97 Å². The molecular formula is C14H18O3. The second-order valence-electron chi connectivity index (χ2n) is 4.61. The van der Waals surface area contributed by atoms with Crippen molar-refractivity contribution in [3.63, 3.8) is 0 Å². The molecule has 0 aliphatic heterocycles. The molecule has 0 bridgehead atoms. The van der Waals surface area contributed by atoms with Crippen molar-refractivity contribution in [1.82, 2.24) is 0 Å². The summed E-state index contributed by atoms with van der Waals surface area (Å²) in [5, 5.41) is 9.25. The van der Waals surface area contributed by atoms with E-state index in [0.717, 1.165) is 37.0 Å². The summed E-state index contributed by atoms with van der Waals surface area (Å²) in [7, 11) is 1.63. The van der Waals surface area contributed by atoms with Crippen LogP contribution in [0.1, 0.15) is 37.2 Å². The minimum Gasteiger partial charge on any atom is -0.497 e. The molecule has 17 heavy (non-hydrogen) atoms. The van der Waals surface area contributed by atoms with Gasteiger partial charge in [-0.25, -0.2) is 0 Å². The fraction of sp³-hybridized carbons (Fsp3) is 0.500. The lowest BCUT2D eigenvalue weighted by Crippen LogP contribution is -2.25. The van der Waals surface area contributed by atoms with Crippen LogP contribution in [0.25, 0.3) is 0 Å². The third kappa shape index (κ3) is 2.60. The van der Waals surface area contributed by atoms with Crippen molar-refractivity contribution in [3.05, 3.63) is 29.8 Å². The Kier molecular flexibility index (Phi) is 3.67. The lowest BCUT2D eigenvalue weighted by molar-refractivity contribution is -0.143. The van der Waals surface area contributed by atoms with E-state index in [1.54, 1.807) is 7.11 Å². The summed E-state index contributed by atoms with van der Waals surface area (Å²) >= 11 is 0. The Labute approximate surface area is 101 Å². The zero-order valence-electron chi connectivity index (χ0n) is 10.1. The van der Waals surface area contributed by atoms with Crippen LogP contribution in [0.15, 0.2) is 24.3 Å². The fourth-order valence-electron chi connectivity index (χ4n) is 2.68. The number of ether oxygens (including phenoxy) is 1. The van der Waals surface area contributed by atoms with Crippen LogP contribution < -0.4 is 4.74 Å². The highest BCUT2D eigenvalue weighted by Crippen LogP contribution is 2.38. The number of aliphatic carboxylic acids is 1.